The van der Waals surface area contributed by atoms with Crippen LogP contribution in [0.3, 0.4) is 0 Å². The summed E-state index contributed by atoms with van der Waals surface area (Å²) >= 11 is 0. The monoisotopic (exact) mass is 456 g/mol. The fourth-order valence-corrected chi connectivity index (χ4v) is 3.71. The number of nitrogens with zero attached hydrogens (tertiary/aromatic N) is 2. The fourth-order valence-electron chi connectivity index (χ4n) is 3.71. The minimum Gasteiger partial charge on any atom is -0.442 e. The topological polar surface area (TPSA) is 87.3 Å². The fraction of sp³-hybridized carbons (Fsp3) is 0.222. The van der Waals surface area contributed by atoms with Gasteiger partial charge in [0.1, 0.15) is 11.9 Å². The SMILES string of the molecule is CC(C)(C)OC(=O)N(N[C@@H](C=O)Cc1c[nH]c2ccccc12)c1ccc(-c2ccncc2)cc1. The van der Waals surface area contributed by atoms with E-state index >= 15 is 0 Å². The van der Waals surface area contributed by atoms with Gasteiger partial charge in [0.25, 0.3) is 0 Å². The van der Waals surface area contributed by atoms with Gasteiger partial charge in [-0.3, -0.25) is 4.98 Å². The molecule has 0 unspecified atom stereocenters. The molecule has 4 rings (SSSR count). The lowest BCUT2D eigenvalue weighted by Crippen LogP contribution is -2.51. The number of benzene rings is 2. The zero-order valence-corrected chi connectivity index (χ0v) is 19.5. The number of aromatic nitrogens is 2. The summed E-state index contributed by atoms with van der Waals surface area (Å²) in [5.74, 6) is 0. The zero-order valence-electron chi connectivity index (χ0n) is 19.5. The lowest BCUT2D eigenvalue weighted by molar-refractivity contribution is -0.109. The number of nitrogens with one attached hydrogen (secondary N) is 2. The second kappa shape index (κ2) is 9.89. The number of pyridine rings is 1. The molecule has 2 N–H and O–H groups in total. The molecule has 0 saturated carbocycles. The van der Waals surface area contributed by atoms with Crippen molar-refractivity contribution in [3.05, 3.63) is 84.8 Å². The number of rotatable bonds is 7. The van der Waals surface area contributed by atoms with Crippen LogP contribution in [0, 0.1) is 0 Å². The van der Waals surface area contributed by atoms with Crippen molar-refractivity contribution in [1.29, 1.82) is 0 Å². The van der Waals surface area contributed by atoms with Gasteiger partial charge in [0.15, 0.2) is 0 Å². The van der Waals surface area contributed by atoms with Gasteiger partial charge in [-0.1, -0.05) is 30.3 Å². The lowest BCUT2D eigenvalue weighted by Gasteiger charge is -2.29. The Morgan fingerprint density at radius 1 is 1.06 bits per heavy atom. The molecule has 0 aliphatic carbocycles. The highest BCUT2D eigenvalue weighted by molar-refractivity contribution is 5.88. The van der Waals surface area contributed by atoms with Crippen LogP contribution < -0.4 is 10.4 Å². The van der Waals surface area contributed by atoms with Crippen LogP contribution in [-0.4, -0.2) is 34.0 Å². The Bertz CT molecular complexity index is 1260. The van der Waals surface area contributed by atoms with Crippen molar-refractivity contribution >= 4 is 29.0 Å². The maximum Gasteiger partial charge on any atom is 0.429 e. The first-order valence-electron chi connectivity index (χ1n) is 11.1. The van der Waals surface area contributed by atoms with Crippen LogP contribution in [0.1, 0.15) is 26.3 Å². The van der Waals surface area contributed by atoms with Gasteiger partial charge < -0.3 is 14.5 Å². The van der Waals surface area contributed by atoms with E-state index in [4.69, 9.17) is 4.74 Å². The lowest BCUT2D eigenvalue weighted by atomic mass is 10.1. The van der Waals surface area contributed by atoms with Crippen molar-refractivity contribution in [2.24, 2.45) is 0 Å². The first-order valence-corrected chi connectivity index (χ1v) is 11.1. The standard InChI is InChI=1S/C27H28N4O3/c1-27(2,3)34-26(33)31(23-10-8-19(9-11-23)20-12-14-28-15-13-20)30-22(18-32)16-21-17-29-25-7-5-4-6-24(21)25/h4-15,17-18,22,29-30H,16H2,1-3H3/t22-/m1/s1. The van der Waals surface area contributed by atoms with Gasteiger partial charge in [-0.05, 0) is 74.2 Å². The third kappa shape index (κ3) is 5.50. The number of ether oxygens (including phenoxy) is 1. The number of hydrogen-bond donors (Lipinski definition) is 2. The van der Waals surface area contributed by atoms with E-state index < -0.39 is 17.7 Å². The molecule has 7 heteroatoms. The smallest absolute Gasteiger partial charge is 0.429 e. The molecular formula is C27H28N4O3. The number of aromatic amines is 1. The number of hydrazine groups is 1. The molecule has 34 heavy (non-hydrogen) atoms. The van der Waals surface area contributed by atoms with E-state index in [2.05, 4.69) is 15.4 Å². The van der Waals surface area contributed by atoms with Gasteiger partial charge in [0.05, 0.1) is 11.7 Å². The highest BCUT2D eigenvalue weighted by atomic mass is 16.6. The number of hydrogen-bond acceptors (Lipinski definition) is 5. The van der Waals surface area contributed by atoms with Gasteiger partial charge >= 0.3 is 6.09 Å². The molecular weight excluding hydrogens is 428 g/mol. The number of anilines is 1. The summed E-state index contributed by atoms with van der Waals surface area (Å²) < 4.78 is 5.61. The molecule has 0 aliphatic rings. The minimum absolute atomic E-state index is 0.405. The summed E-state index contributed by atoms with van der Waals surface area (Å²) in [6, 6.07) is 18.6. The molecule has 2 heterocycles. The highest BCUT2D eigenvalue weighted by Gasteiger charge is 2.26. The molecule has 2 aromatic heterocycles. The van der Waals surface area contributed by atoms with E-state index in [0.717, 1.165) is 33.9 Å². The van der Waals surface area contributed by atoms with Gasteiger partial charge in [-0.15, -0.1) is 0 Å². The predicted molar refractivity (Wildman–Crippen MR) is 133 cm³/mol. The van der Waals surface area contributed by atoms with Crippen LogP contribution in [0.15, 0.2) is 79.3 Å². The molecule has 174 valence electrons. The van der Waals surface area contributed by atoms with Crippen molar-refractivity contribution in [2.75, 3.05) is 5.01 Å². The Labute approximate surface area is 198 Å². The van der Waals surface area contributed by atoms with Gasteiger partial charge in [-0.2, -0.15) is 0 Å². The van der Waals surface area contributed by atoms with Crippen molar-refractivity contribution in [2.45, 2.75) is 38.8 Å². The number of aldehydes is 1. The first-order chi connectivity index (χ1) is 16.3. The van der Waals surface area contributed by atoms with Crippen molar-refractivity contribution in [3.63, 3.8) is 0 Å². The van der Waals surface area contributed by atoms with Gasteiger partial charge in [0, 0.05) is 29.5 Å². The van der Waals surface area contributed by atoms with E-state index in [9.17, 15) is 9.59 Å². The largest absolute Gasteiger partial charge is 0.442 e. The highest BCUT2D eigenvalue weighted by Crippen LogP contribution is 2.24. The Hall–Kier alpha value is -3.97. The van der Waals surface area contributed by atoms with Gasteiger partial charge in [-0.25, -0.2) is 15.2 Å². The molecule has 7 nitrogen and oxygen atoms in total. The number of carbonyl (C=O) groups is 2. The first kappa shape index (κ1) is 23.2. The van der Waals surface area contributed by atoms with E-state index in [-0.39, 0.29) is 0 Å². The number of carbonyl (C=O) groups excluding carboxylic acids is 2. The molecule has 1 atom stereocenters. The summed E-state index contributed by atoms with van der Waals surface area (Å²) in [6.07, 6.45) is 5.99. The third-order valence-corrected chi connectivity index (χ3v) is 5.29. The molecule has 0 aliphatic heterocycles. The molecule has 0 saturated heterocycles. The normalized spacial score (nSPS) is 12.3. The third-order valence-electron chi connectivity index (χ3n) is 5.29. The summed E-state index contributed by atoms with van der Waals surface area (Å²) in [6.45, 7) is 5.41. The van der Waals surface area contributed by atoms with Crippen LogP contribution in [0.4, 0.5) is 10.5 Å². The van der Waals surface area contributed by atoms with Crippen molar-refractivity contribution in [3.8, 4) is 11.1 Å². The Morgan fingerprint density at radius 3 is 2.41 bits per heavy atom. The van der Waals surface area contributed by atoms with E-state index in [1.54, 1.807) is 33.2 Å². The minimum atomic E-state index is -0.693. The number of amides is 1. The van der Waals surface area contributed by atoms with Crippen LogP contribution in [0.2, 0.25) is 0 Å². The van der Waals surface area contributed by atoms with E-state index in [0.29, 0.717) is 12.1 Å². The van der Waals surface area contributed by atoms with E-state index in [1.807, 2.05) is 66.9 Å². The van der Waals surface area contributed by atoms with Gasteiger partial charge in [0.2, 0.25) is 0 Å². The quantitative estimate of drug-likeness (QED) is 0.292. The number of H-pyrrole nitrogens is 1. The summed E-state index contributed by atoms with van der Waals surface area (Å²) in [4.78, 5) is 32.4. The summed E-state index contributed by atoms with van der Waals surface area (Å²) in [5.41, 5.74) is 6.93. The van der Waals surface area contributed by atoms with Crippen LogP contribution in [0.25, 0.3) is 22.0 Å². The average Bonchev–Trinajstić information content (AvgIpc) is 3.24. The second-order valence-corrected chi connectivity index (χ2v) is 9.03. The van der Waals surface area contributed by atoms with Crippen molar-refractivity contribution in [1.82, 2.24) is 15.4 Å². The molecule has 4 aromatic rings. The van der Waals surface area contributed by atoms with Crippen LogP contribution >= 0.6 is 0 Å². The van der Waals surface area contributed by atoms with Crippen LogP contribution in [-0.2, 0) is 16.0 Å². The average molecular weight is 457 g/mol. The number of fused-ring (bicyclic) bond motifs is 1. The second-order valence-electron chi connectivity index (χ2n) is 9.03. The zero-order chi connectivity index (χ0) is 24.1. The summed E-state index contributed by atoms with van der Waals surface area (Å²) in [5, 5.41) is 2.34. The predicted octanol–water partition coefficient (Wildman–Crippen LogP) is 5.29. The molecule has 0 fully saturated rings. The maximum atomic E-state index is 13.1. The molecule has 0 spiro atoms. The number of para-hydroxylation sites is 1. The molecule has 2 aromatic carbocycles. The Balaban J connectivity index is 1.60. The molecule has 0 bridgehead atoms. The van der Waals surface area contributed by atoms with Crippen molar-refractivity contribution < 1.29 is 14.3 Å². The maximum absolute atomic E-state index is 13.1. The Morgan fingerprint density at radius 2 is 1.74 bits per heavy atom. The molecule has 0 radical (unpaired) electrons. The van der Waals surface area contributed by atoms with E-state index in [1.165, 1.54) is 5.01 Å². The Kier molecular flexibility index (Phi) is 6.75. The summed E-state index contributed by atoms with van der Waals surface area (Å²) in [7, 11) is 0. The molecule has 1 amide bonds. The van der Waals surface area contributed by atoms with Crippen LogP contribution in [0.5, 0.6) is 0 Å².